The number of ether oxygens (including phenoxy) is 1. The van der Waals surface area contributed by atoms with Crippen molar-refractivity contribution >= 4 is 33.5 Å². The van der Waals surface area contributed by atoms with Crippen LogP contribution in [-0.4, -0.2) is 23.9 Å². The van der Waals surface area contributed by atoms with E-state index in [0.29, 0.717) is 11.1 Å². The van der Waals surface area contributed by atoms with Crippen LogP contribution in [0.4, 0.5) is 0 Å². The number of fused-ring (bicyclic) bond motifs is 3. The molecule has 154 valence electrons. The van der Waals surface area contributed by atoms with Crippen LogP contribution in [0, 0.1) is 0 Å². The number of carbonyl (C=O) groups is 1. The molecule has 0 radical (unpaired) electrons. The number of hydrazine groups is 1. The lowest BCUT2D eigenvalue weighted by Gasteiger charge is -2.31. The second-order valence-electron chi connectivity index (χ2n) is 7.13. The number of hydrogen-bond acceptors (Lipinski definition) is 8. The molecule has 0 spiro atoms. The van der Waals surface area contributed by atoms with E-state index in [-0.39, 0.29) is 5.84 Å². The van der Waals surface area contributed by atoms with Crippen LogP contribution < -0.4 is 16.5 Å². The first kappa shape index (κ1) is 19.0. The van der Waals surface area contributed by atoms with Crippen LogP contribution in [0.5, 0.6) is 0 Å². The molecule has 1 aliphatic rings. The van der Waals surface area contributed by atoms with Gasteiger partial charge in [0.25, 0.3) is 0 Å². The quantitative estimate of drug-likeness (QED) is 0.302. The summed E-state index contributed by atoms with van der Waals surface area (Å²) in [7, 11) is 1.29. The van der Waals surface area contributed by atoms with E-state index in [4.69, 9.17) is 9.15 Å². The molecule has 0 saturated carbocycles. The largest absolute Gasteiger partial charge is 0.463 e. The third-order valence-electron chi connectivity index (χ3n) is 5.34. The Morgan fingerprint density at radius 1 is 1.10 bits per heavy atom. The van der Waals surface area contributed by atoms with Crippen molar-refractivity contribution < 1.29 is 13.9 Å². The molecule has 2 aromatic heterocycles. The third-order valence-corrected chi connectivity index (χ3v) is 5.34. The van der Waals surface area contributed by atoms with E-state index in [1.54, 1.807) is 18.5 Å². The molecule has 0 aliphatic carbocycles. The molecule has 1 aliphatic heterocycles. The number of aliphatic imine (C=N–C) groups is 1. The minimum Gasteiger partial charge on any atom is -0.463 e. The van der Waals surface area contributed by atoms with Gasteiger partial charge >= 0.3 is 11.6 Å². The predicted octanol–water partition coefficient (Wildman–Crippen LogP) is 2.80. The number of methoxy groups -OCH3 is 1. The van der Waals surface area contributed by atoms with Crippen LogP contribution in [-0.2, 0) is 9.53 Å². The van der Waals surface area contributed by atoms with Gasteiger partial charge in [-0.1, -0.05) is 42.5 Å². The number of carbonyl (C=O) groups excluding carboxylic acids is 1. The molecule has 3 heterocycles. The fourth-order valence-electron chi connectivity index (χ4n) is 3.91. The second kappa shape index (κ2) is 7.66. The molecular formula is C23H18N4O4. The zero-order chi connectivity index (χ0) is 21.4. The van der Waals surface area contributed by atoms with Crippen LogP contribution in [0.15, 0.2) is 81.2 Å². The average Bonchev–Trinajstić information content (AvgIpc) is 2.83. The molecule has 8 nitrogen and oxygen atoms in total. The molecule has 2 unspecified atom stereocenters. The summed E-state index contributed by atoms with van der Waals surface area (Å²) < 4.78 is 10.4. The Morgan fingerprint density at radius 2 is 1.97 bits per heavy atom. The van der Waals surface area contributed by atoms with E-state index < -0.39 is 23.7 Å². The van der Waals surface area contributed by atoms with E-state index in [0.717, 1.165) is 21.7 Å². The maximum atomic E-state index is 12.5. The maximum Gasteiger partial charge on any atom is 0.374 e. The fourth-order valence-corrected chi connectivity index (χ4v) is 3.91. The third kappa shape index (κ3) is 3.32. The summed E-state index contributed by atoms with van der Waals surface area (Å²) >= 11 is 0. The van der Waals surface area contributed by atoms with E-state index in [1.807, 2.05) is 42.5 Å². The summed E-state index contributed by atoms with van der Waals surface area (Å²) in [6.45, 7) is 0. The van der Waals surface area contributed by atoms with Gasteiger partial charge in [0, 0.05) is 29.2 Å². The number of pyridine rings is 1. The van der Waals surface area contributed by atoms with Crippen molar-refractivity contribution in [3.05, 3.63) is 88.5 Å². The number of nitrogens with zero attached hydrogens (tertiary/aromatic N) is 2. The zero-order valence-electron chi connectivity index (χ0n) is 16.5. The molecule has 5 rings (SSSR count). The Hall–Kier alpha value is -4.04. The minimum atomic E-state index is -0.594. The number of amidine groups is 1. The zero-order valence-corrected chi connectivity index (χ0v) is 16.5. The van der Waals surface area contributed by atoms with Gasteiger partial charge in [0.15, 0.2) is 0 Å². The van der Waals surface area contributed by atoms with Crippen LogP contribution in [0.1, 0.15) is 23.2 Å². The van der Waals surface area contributed by atoms with Crippen molar-refractivity contribution in [2.24, 2.45) is 4.99 Å². The van der Waals surface area contributed by atoms with Gasteiger partial charge in [0.05, 0.1) is 13.2 Å². The van der Waals surface area contributed by atoms with Gasteiger partial charge in [-0.2, -0.15) is 0 Å². The van der Waals surface area contributed by atoms with E-state index >= 15 is 0 Å². The first-order chi connectivity index (χ1) is 15.2. The SMILES string of the molecule is COC(=O)C1=NC(c2cccnc2)C(c2cc(=O)oc3c2ccc2ccccc23)NN1. The summed E-state index contributed by atoms with van der Waals surface area (Å²) in [4.78, 5) is 33.3. The maximum absolute atomic E-state index is 12.5. The van der Waals surface area contributed by atoms with Crippen molar-refractivity contribution in [2.75, 3.05) is 7.11 Å². The second-order valence-corrected chi connectivity index (χ2v) is 7.13. The summed E-state index contributed by atoms with van der Waals surface area (Å²) in [5, 5.41) is 2.60. The first-order valence-corrected chi connectivity index (χ1v) is 9.69. The monoisotopic (exact) mass is 414 g/mol. The van der Waals surface area contributed by atoms with Gasteiger partial charge in [-0.3, -0.25) is 15.4 Å². The van der Waals surface area contributed by atoms with Crippen molar-refractivity contribution in [1.29, 1.82) is 0 Å². The van der Waals surface area contributed by atoms with Gasteiger partial charge in [-0.05, 0) is 22.6 Å². The highest BCUT2D eigenvalue weighted by atomic mass is 16.5. The van der Waals surface area contributed by atoms with Crippen LogP contribution in [0.25, 0.3) is 21.7 Å². The van der Waals surface area contributed by atoms with Gasteiger partial charge in [0.1, 0.15) is 11.6 Å². The number of aromatic nitrogens is 1. The fraction of sp³-hybridized carbons (Fsp3) is 0.130. The lowest BCUT2D eigenvalue weighted by atomic mass is 9.91. The van der Waals surface area contributed by atoms with Crippen molar-refractivity contribution in [3.8, 4) is 0 Å². The number of nitrogens with one attached hydrogen (secondary N) is 2. The van der Waals surface area contributed by atoms with E-state index in [1.165, 1.54) is 13.2 Å². The topological polar surface area (TPSA) is 106 Å². The van der Waals surface area contributed by atoms with Crippen molar-refractivity contribution in [2.45, 2.75) is 12.1 Å². The lowest BCUT2D eigenvalue weighted by molar-refractivity contribution is -0.133. The number of hydrogen-bond donors (Lipinski definition) is 2. The molecule has 8 heteroatoms. The van der Waals surface area contributed by atoms with Crippen molar-refractivity contribution in [3.63, 3.8) is 0 Å². The Balaban J connectivity index is 1.73. The summed E-state index contributed by atoms with van der Waals surface area (Å²) in [6, 6.07) is 15.8. The normalized spacial score (nSPS) is 18.4. The smallest absolute Gasteiger partial charge is 0.374 e. The molecule has 0 saturated heterocycles. The molecule has 0 bridgehead atoms. The van der Waals surface area contributed by atoms with Crippen molar-refractivity contribution in [1.82, 2.24) is 15.8 Å². The molecule has 0 amide bonds. The highest BCUT2D eigenvalue weighted by Gasteiger charge is 2.33. The Morgan fingerprint density at radius 3 is 2.77 bits per heavy atom. The molecule has 0 fully saturated rings. The Labute approximate surface area is 176 Å². The number of benzene rings is 2. The minimum absolute atomic E-state index is 0.0466. The van der Waals surface area contributed by atoms with Crippen LogP contribution in [0.3, 0.4) is 0 Å². The van der Waals surface area contributed by atoms with E-state index in [2.05, 4.69) is 20.8 Å². The molecule has 2 atom stereocenters. The first-order valence-electron chi connectivity index (χ1n) is 9.69. The van der Waals surface area contributed by atoms with Gasteiger partial charge < -0.3 is 9.15 Å². The van der Waals surface area contributed by atoms with Gasteiger partial charge in [-0.15, -0.1) is 0 Å². The molecule has 2 aromatic carbocycles. The lowest BCUT2D eigenvalue weighted by Crippen LogP contribution is -2.49. The van der Waals surface area contributed by atoms with Crippen LogP contribution >= 0.6 is 0 Å². The van der Waals surface area contributed by atoms with E-state index in [9.17, 15) is 9.59 Å². The van der Waals surface area contributed by atoms with Gasteiger partial charge in [0.2, 0.25) is 5.84 Å². The molecule has 4 aromatic rings. The van der Waals surface area contributed by atoms with Crippen LogP contribution in [0.2, 0.25) is 0 Å². The molecule has 2 N–H and O–H groups in total. The highest BCUT2D eigenvalue weighted by molar-refractivity contribution is 6.35. The average molecular weight is 414 g/mol. The highest BCUT2D eigenvalue weighted by Crippen LogP contribution is 2.37. The van der Waals surface area contributed by atoms with Gasteiger partial charge in [-0.25, -0.2) is 15.0 Å². The predicted molar refractivity (Wildman–Crippen MR) is 115 cm³/mol. The number of rotatable bonds is 3. The Kier molecular flexibility index (Phi) is 4.68. The summed E-state index contributed by atoms with van der Waals surface area (Å²) in [5.41, 5.74) is 7.47. The Bertz CT molecular complexity index is 1380. The molecular weight excluding hydrogens is 396 g/mol. The number of esters is 1. The summed E-state index contributed by atoms with van der Waals surface area (Å²) in [5.74, 6) is -0.548. The summed E-state index contributed by atoms with van der Waals surface area (Å²) in [6.07, 6.45) is 3.35. The standard InChI is InChI=1S/C23H18N4O4/c1-30-23(29)22-25-19(14-6-4-10-24-12-14)20(26-27-22)17-11-18(28)31-21-15-7-3-2-5-13(15)8-9-16(17)21/h2-12,19-20,26H,1H3,(H,25,27). The molecule has 31 heavy (non-hydrogen) atoms.